The second-order valence-electron chi connectivity index (χ2n) is 6.16. The molecule has 6 nitrogen and oxygen atoms in total. The van der Waals surface area contributed by atoms with Crippen molar-refractivity contribution >= 4 is 17.9 Å². The molecule has 0 radical (unpaired) electrons. The summed E-state index contributed by atoms with van der Waals surface area (Å²) >= 11 is 0. The van der Waals surface area contributed by atoms with E-state index in [4.69, 9.17) is 0 Å². The summed E-state index contributed by atoms with van der Waals surface area (Å²) in [5.41, 5.74) is 3.78. The van der Waals surface area contributed by atoms with Crippen LogP contribution in [0.15, 0.2) is 36.5 Å². The van der Waals surface area contributed by atoms with Gasteiger partial charge in [-0.3, -0.25) is 14.3 Å². The number of carbonyl (C=O) groups excluding carboxylic acids is 2. The Morgan fingerprint density at radius 3 is 2.76 bits per heavy atom. The van der Waals surface area contributed by atoms with E-state index in [1.54, 1.807) is 25.3 Å². The molecule has 0 spiro atoms. The van der Waals surface area contributed by atoms with Gasteiger partial charge in [0.05, 0.1) is 12.2 Å². The summed E-state index contributed by atoms with van der Waals surface area (Å²) < 4.78 is 1.89. The molecule has 2 N–H and O–H groups in total. The molecule has 0 saturated heterocycles. The highest BCUT2D eigenvalue weighted by molar-refractivity contribution is 5.94. The van der Waals surface area contributed by atoms with Crippen molar-refractivity contribution in [1.82, 2.24) is 20.4 Å². The number of benzene rings is 1. The quantitative estimate of drug-likeness (QED) is 0.837. The number of nitrogens with zero attached hydrogens (tertiary/aromatic N) is 2. The summed E-state index contributed by atoms with van der Waals surface area (Å²) in [7, 11) is 3.53. The van der Waals surface area contributed by atoms with Gasteiger partial charge in [0.25, 0.3) is 5.91 Å². The summed E-state index contributed by atoms with van der Waals surface area (Å²) in [5, 5.41) is 9.93. The maximum atomic E-state index is 12.2. The summed E-state index contributed by atoms with van der Waals surface area (Å²) in [6.45, 7) is 0. The fourth-order valence-corrected chi connectivity index (χ4v) is 3.14. The maximum absolute atomic E-state index is 12.2. The second kappa shape index (κ2) is 7.34. The lowest BCUT2D eigenvalue weighted by Gasteiger charge is -2.23. The number of aromatic nitrogens is 2. The highest BCUT2D eigenvalue weighted by Gasteiger charge is 2.24. The molecular weight excluding hydrogens is 316 g/mol. The predicted molar refractivity (Wildman–Crippen MR) is 95.9 cm³/mol. The molecule has 1 aliphatic carbocycles. The minimum Gasteiger partial charge on any atom is -0.355 e. The van der Waals surface area contributed by atoms with Crippen LogP contribution in [0.4, 0.5) is 0 Å². The minimum absolute atomic E-state index is 0.0187. The number of rotatable bonds is 4. The molecule has 25 heavy (non-hydrogen) atoms. The third-order valence-electron chi connectivity index (χ3n) is 4.52. The zero-order valence-electron chi connectivity index (χ0n) is 14.5. The second-order valence-corrected chi connectivity index (χ2v) is 6.16. The van der Waals surface area contributed by atoms with E-state index in [1.807, 2.05) is 30.1 Å². The predicted octanol–water partition coefficient (Wildman–Crippen LogP) is 1.99. The fourth-order valence-electron chi connectivity index (χ4n) is 3.14. The van der Waals surface area contributed by atoms with Gasteiger partial charge >= 0.3 is 0 Å². The summed E-state index contributed by atoms with van der Waals surface area (Å²) in [4.78, 5) is 23.7. The molecular formula is C19H22N4O2. The smallest absolute Gasteiger partial charge is 0.251 e. The lowest BCUT2D eigenvalue weighted by atomic mass is 9.93. The molecule has 1 unspecified atom stereocenters. The van der Waals surface area contributed by atoms with Gasteiger partial charge in [0.15, 0.2) is 0 Å². The van der Waals surface area contributed by atoms with Gasteiger partial charge in [-0.15, -0.1) is 0 Å². The Hall–Kier alpha value is -2.89. The van der Waals surface area contributed by atoms with Crippen LogP contribution in [0.3, 0.4) is 0 Å². The van der Waals surface area contributed by atoms with Crippen molar-refractivity contribution in [3.63, 3.8) is 0 Å². The Morgan fingerprint density at radius 1 is 1.28 bits per heavy atom. The highest BCUT2D eigenvalue weighted by atomic mass is 16.2. The van der Waals surface area contributed by atoms with Gasteiger partial charge in [-0.05, 0) is 43.0 Å². The standard InChI is InChI=1S/C19H22N4O2/c1-20-19(25)14-9-6-13(7-10-14)8-11-18(24)22-16-4-3-5-17-15(16)12-21-23(17)2/h6-12,16H,3-5H2,1-2H3,(H,20,25)(H,22,24). The maximum Gasteiger partial charge on any atom is 0.251 e. The zero-order chi connectivity index (χ0) is 17.8. The first-order valence-corrected chi connectivity index (χ1v) is 8.40. The van der Waals surface area contributed by atoms with Crippen LogP contribution >= 0.6 is 0 Å². The number of amides is 2. The van der Waals surface area contributed by atoms with Crippen LogP contribution in [-0.2, 0) is 18.3 Å². The molecule has 0 aliphatic heterocycles. The Balaban J connectivity index is 1.63. The summed E-state index contributed by atoms with van der Waals surface area (Å²) in [6, 6.07) is 7.12. The average molecular weight is 338 g/mol. The molecule has 0 bridgehead atoms. The molecule has 0 fully saturated rings. The van der Waals surface area contributed by atoms with E-state index in [0.29, 0.717) is 5.56 Å². The third-order valence-corrected chi connectivity index (χ3v) is 4.52. The van der Waals surface area contributed by atoms with E-state index in [-0.39, 0.29) is 17.9 Å². The molecule has 3 rings (SSSR count). The van der Waals surface area contributed by atoms with Crippen molar-refractivity contribution in [2.75, 3.05) is 7.05 Å². The number of carbonyl (C=O) groups is 2. The molecule has 130 valence electrons. The lowest BCUT2D eigenvalue weighted by Crippen LogP contribution is -2.29. The van der Waals surface area contributed by atoms with E-state index < -0.39 is 0 Å². The van der Waals surface area contributed by atoms with Gasteiger partial charge < -0.3 is 10.6 Å². The van der Waals surface area contributed by atoms with Crippen LogP contribution in [0.5, 0.6) is 0 Å². The number of hydrogen-bond donors (Lipinski definition) is 2. The molecule has 6 heteroatoms. The molecule has 2 amide bonds. The first-order chi connectivity index (χ1) is 12.1. The zero-order valence-corrected chi connectivity index (χ0v) is 14.5. The molecule has 1 heterocycles. The van der Waals surface area contributed by atoms with Gasteiger partial charge in [-0.2, -0.15) is 5.10 Å². The van der Waals surface area contributed by atoms with Crippen LogP contribution < -0.4 is 10.6 Å². The topological polar surface area (TPSA) is 76.0 Å². The van der Waals surface area contributed by atoms with Gasteiger partial charge in [0.1, 0.15) is 0 Å². The molecule has 1 aromatic heterocycles. The van der Waals surface area contributed by atoms with Crippen LogP contribution in [0.1, 0.15) is 46.1 Å². The van der Waals surface area contributed by atoms with Crippen LogP contribution in [0.25, 0.3) is 6.08 Å². The fraction of sp³-hybridized carbons (Fsp3) is 0.316. The van der Waals surface area contributed by atoms with E-state index in [1.165, 1.54) is 11.8 Å². The summed E-state index contributed by atoms with van der Waals surface area (Å²) in [6.07, 6.45) is 8.10. The van der Waals surface area contributed by atoms with Crippen LogP contribution in [0.2, 0.25) is 0 Å². The highest BCUT2D eigenvalue weighted by Crippen LogP contribution is 2.29. The minimum atomic E-state index is -0.128. The Bertz CT molecular complexity index is 805. The number of fused-ring (bicyclic) bond motifs is 1. The lowest BCUT2D eigenvalue weighted by molar-refractivity contribution is -0.117. The third kappa shape index (κ3) is 3.79. The average Bonchev–Trinajstić information content (AvgIpc) is 3.02. The van der Waals surface area contributed by atoms with Crippen molar-refractivity contribution in [2.24, 2.45) is 7.05 Å². The monoisotopic (exact) mass is 338 g/mol. The van der Waals surface area contributed by atoms with Crippen LogP contribution in [0, 0.1) is 0 Å². The number of aryl methyl sites for hydroxylation is 1. The Labute approximate surface area is 146 Å². The number of hydrogen-bond acceptors (Lipinski definition) is 3. The first kappa shape index (κ1) is 17.0. The molecule has 2 aromatic rings. The van der Waals surface area contributed by atoms with Crippen molar-refractivity contribution in [1.29, 1.82) is 0 Å². The SMILES string of the molecule is CNC(=O)c1ccc(C=CC(=O)NC2CCCc3c2cnn3C)cc1. The molecule has 1 aliphatic rings. The first-order valence-electron chi connectivity index (χ1n) is 8.40. The Kier molecular flexibility index (Phi) is 4.97. The van der Waals surface area contributed by atoms with Crippen molar-refractivity contribution in [2.45, 2.75) is 25.3 Å². The Morgan fingerprint density at radius 2 is 2.04 bits per heavy atom. The van der Waals surface area contributed by atoms with E-state index in [2.05, 4.69) is 15.7 Å². The van der Waals surface area contributed by atoms with E-state index in [9.17, 15) is 9.59 Å². The van der Waals surface area contributed by atoms with Gasteiger partial charge in [-0.25, -0.2) is 0 Å². The van der Waals surface area contributed by atoms with E-state index >= 15 is 0 Å². The molecule has 1 atom stereocenters. The molecule has 0 saturated carbocycles. The van der Waals surface area contributed by atoms with Crippen molar-refractivity contribution in [3.8, 4) is 0 Å². The normalized spacial score (nSPS) is 16.5. The van der Waals surface area contributed by atoms with Gasteiger partial charge in [-0.1, -0.05) is 12.1 Å². The van der Waals surface area contributed by atoms with Gasteiger partial charge in [0.2, 0.25) is 5.91 Å². The largest absolute Gasteiger partial charge is 0.355 e. The molecule has 1 aromatic carbocycles. The van der Waals surface area contributed by atoms with Crippen molar-refractivity contribution < 1.29 is 9.59 Å². The van der Waals surface area contributed by atoms with E-state index in [0.717, 1.165) is 30.4 Å². The van der Waals surface area contributed by atoms with Gasteiger partial charge in [0, 0.05) is 37.0 Å². The van der Waals surface area contributed by atoms with Crippen molar-refractivity contribution in [3.05, 3.63) is 58.9 Å². The van der Waals surface area contributed by atoms with Crippen LogP contribution in [-0.4, -0.2) is 28.6 Å². The number of nitrogens with one attached hydrogen (secondary N) is 2. The summed E-state index contributed by atoms with van der Waals surface area (Å²) in [5.74, 6) is -0.255.